The highest BCUT2D eigenvalue weighted by Gasteiger charge is 2.30. The van der Waals surface area contributed by atoms with Gasteiger partial charge in [0.1, 0.15) is 17.2 Å². The molecule has 0 saturated carbocycles. The molecule has 1 N–H and O–H groups in total. The molecule has 0 aliphatic heterocycles. The first-order valence-electron chi connectivity index (χ1n) is 9.93. The van der Waals surface area contributed by atoms with Crippen molar-refractivity contribution < 1.29 is 17.9 Å². The van der Waals surface area contributed by atoms with Crippen LogP contribution in [0.25, 0.3) is 0 Å². The second kappa shape index (κ2) is 10.1. The van der Waals surface area contributed by atoms with E-state index in [1.807, 2.05) is 44.4 Å². The van der Waals surface area contributed by atoms with E-state index in [1.54, 1.807) is 42.5 Å². The van der Waals surface area contributed by atoms with Gasteiger partial charge in [-0.15, -0.1) is 11.8 Å². The van der Waals surface area contributed by atoms with Crippen LogP contribution in [0.4, 0.5) is 11.4 Å². The number of methoxy groups -OCH3 is 1. The van der Waals surface area contributed by atoms with Crippen molar-refractivity contribution in [1.82, 2.24) is 0 Å². The summed E-state index contributed by atoms with van der Waals surface area (Å²) in [5.41, 5.74) is 2.69. The van der Waals surface area contributed by atoms with Crippen molar-refractivity contribution in [3.63, 3.8) is 0 Å². The highest BCUT2D eigenvalue weighted by molar-refractivity contribution is 7.98. The Hall–Kier alpha value is -2.97. The molecular weight excluding hydrogens is 444 g/mol. The lowest BCUT2D eigenvalue weighted by Crippen LogP contribution is -2.38. The first-order chi connectivity index (χ1) is 15.3. The van der Waals surface area contributed by atoms with Gasteiger partial charge in [-0.2, -0.15) is 0 Å². The van der Waals surface area contributed by atoms with Gasteiger partial charge in [0.15, 0.2) is 0 Å². The zero-order valence-electron chi connectivity index (χ0n) is 18.5. The molecule has 0 aromatic heterocycles. The van der Waals surface area contributed by atoms with E-state index in [0.29, 0.717) is 11.4 Å². The molecule has 0 spiro atoms. The fraction of sp³-hybridized carbons (Fsp3) is 0.208. The van der Waals surface area contributed by atoms with Crippen LogP contribution in [0.15, 0.2) is 76.5 Å². The first-order valence-corrected chi connectivity index (χ1v) is 12.6. The summed E-state index contributed by atoms with van der Waals surface area (Å²) in [5, 5.41) is 2.84. The van der Waals surface area contributed by atoms with Crippen LogP contribution in [-0.2, 0) is 14.8 Å². The van der Waals surface area contributed by atoms with Crippen LogP contribution in [0.1, 0.15) is 11.1 Å². The minimum Gasteiger partial charge on any atom is -0.495 e. The smallest absolute Gasteiger partial charge is 0.268 e. The van der Waals surface area contributed by atoms with Crippen LogP contribution in [0.3, 0.4) is 0 Å². The molecule has 3 aromatic carbocycles. The summed E-state index contributed by atoms with van der Waals surface area (Å²) in [6.45, 7) is 3.30. The summed E-state index contributed by atoms with van der Waals surface area (Å²) in [7, 11) is -2.67. The van der Waals surface area contributed by atoms with Gasteiger partial charge in [-0.05, 0) is 67.6 Å². The van der Waals surface area contributed by atoms with E-state index in [-0.39, 0.29) is 17.2 Å². The van der Waals surface area contributed by atoms with Gasteiger partial charge in [0.2, 0.25) is 5.91 Å². The molecule has 0 saturated heterocycles. The van der Waals surface area contributed by atoms with Crippen LogP contribution < -0.4 is 14.4 Å². The van der Waals surface area contributed by atoms with Crippen molar-refractivity contribution in [2.24, 2.45) is 0 Å². The lowest BCUT2D eigenvalue weighted by molar-refractivity contribution is -0.114. The van der Waals surface area contributed by atoms with Crippen LogP contribution in [0.5, 0.6) is 5.75 Å². The highest BCUT2D eigenvalue weighted by Crippen LogP contribution is 2.31. The Balaban J connectivity index is 2.03. The number of aryl methyl sites for hydroxylation is 2. The summed E-state index contributed by atoms with van der Waals surface area (Å²) in [5.74, 6) is -0.218. The third kappa shape index (κ3) is 5.26. The second-order valence-electron chi connectivity index (χ2n) is 7.25. The number of hydrogen-bond acceptors (Lipinski definition) is 5. The Morgan fingerprint density at radius 2 is 1.72 bits per heavy atom. The maximum atomic E-state index is 13.7. The van der Waals surface area contributed by atoms with E-state index in [4.69, 9.17) is 4.74 Å². The predicted octanol–water partition coefficient (Wildman–Crippen LogP) is 4.87. The number of ether oxygens (including phenoxy) is 1. The number of amides is 1. The molecule has 0 unspecified atom stereocenters. The van der Waals surface area contributed by atoms with Crippen molar-refractivity contribution in [2.75, 3.05) is 29.5 Å². The van der Waals surface area contributed by atoms with Crippen molar-refractivity contribution in [3.05, 3.63) is 77.9 Å². The van der Waals surface area contributed by atoms with Gasteiger partial charge in [0.25, 0.3) is 10.0 Å². The molecule has 3 rings (SSSR count). The second-order valence-corrected chi connectivity index (χ2v) is 9.93. The third-order valence-electron chi connectivity index (χ3n) is 4.85. The number of hydrogen-bond donors (Lipinski definition) is 1. The van der Waals surface area contributed by atoms with E-state index in [1.165, 1.54) is 18.9 Å². The average molecular weight is 471 g/mol. The summed E-state index contributed by atoms with van der Waals surface area (Å²) in [6.07, 6.45) is 1.92. The Morgan fingerprint density at radius 3 is 2.41 bits per heavy atom. The predicted molar refractivity (Wildman–Crippen MR) is 130 cm³/mol. The fourth-order valence-electron chi connectivity index (χ4n) is 3.27. The van der Waals surface area contributed by atoms with Gasteiger partial charge in [-0.25, -0.2) is 8.42 Å². The molecule has 1 amide bonds. The van der Waals surface area contributed by atoms with E-state index in [9.17, 15) is 13.2 Å². The molecule has 0 aliphatic carbocycles. The maximum absolute atomic E-state index is 13.7. The number of nitrogens with zero attached hydrogens (tertiary/aromatic N) is 1. The summed E-state index contributed by atoms with van der Waals surface area (Å²) in [4.78, 5) is 13.9. The molecule has 32 heavy (non-hydrogen) atoms. The number of rotatable bonds is 8. The van der Waals surface area contributed by atoms with Crippen LogP contribution in [0.2, 0.25) is 0 Å². The number of nitrogens with one attached hydrogen (secondary N) is 1. The van der Waals surface area contributed by atoms with E-state index < -0.39 is 15.9 Å². The van der Waals surface area contributed by atoms with Crippen molar-refractivity contribution >= 4 is 39.1 Å². The Bertz CT molecular complexity index is 1230. The van der Waals surface area contributed by atoms with E-state index >= 15 is 0 Å². The van der Waals surface area contributed by atoms with Gasteiger partial charge in [0.05, 0.1) is 18.5 Å². The van der Waals surface area contributed by atoms with Gasteiger partial charge >= 0.3 is 0 Å². The zero-order chi connectivity index (χ0) is 23.3. The zero-order valence-corrected chi connectivity index (χ0v) is 20.1. The van der Waals surface area contributed by atoms with E-state index in [0.717, 1.165) is 20.3 Å². The molecule has 168 valence electrons. The molecule has 0 radical (unpaired) electrons. The van der Waals surface area contributed by atoms with Crippen LogP contribution in [-0.4, -0.2) is 34.2 Å². The molecule has 6 nitrogen and oxygen atoms in total. The van der Waals surface area contributed by atoms with Crippen molar-refractivity contribution in [3.8, 4) is 5.75 Å². The SMILES string of the molecule is COc1ccc(C)cc1S(=O)(=O)N(CC(=O)Nc1ccccc1SC)c1cccc(C)c1. The largest absolute Gasteiger partial charge is 0.495 e. The monoisotopic (exact) mass is 470 g/mol. The average Bonchev–Trinajstić information content (AvgIpc) is 2.77. The fourth-order valence-corrected chi connectivity index (χ4v) is 5.48. The number of anilines is 2. The number of carbonyl (C=O) groups excluding carboxylic acids is 1. The Morgan fingerprint density at radius 1 is 1.00 bits per heavy atom. The number of sulfonamides is 1. The van der Waals surface area contributed by atoms with E-state index in [2.05, 4.69) is 5.32 Å². The number of carbonyl (C=O) groups is 1. The first kappa shape index (κ1) is 23.7. The number of benzene rings is 3. The standard InChI is InChI=1S/C24H26N2O4S2/c1-17-8-7-9-19(14-17)26(16-24(27)25-20-10-5-6-11-22(20)31-4)32(28,29)23-15-18(2)12-13-21(23)30-3/h5-15H,16H2,1-4H3,(H,25,27). The molecule has 3 aromatic rings. The van der Waals surface area contributed by atoms with Crippen molar-refractivity contribution in [1.29, 1.82) is 0 Å². The summed E-state index contributed by atoms with van der Waals surface area (Å²) < 4.78 is 33.9. The Kier molecular flexibility index (Phi) is 7.48. The number of para-hydroxylation sites is 1. The molecule has 0 heterocycles. The Labute approximate surface area is 193 Å². The molecule has 0 atom stereocenters. The molecule has 8 heteroatoms. The van der Waals surface area contributed by atoms with Crippen LogP contribution >= 0.6 is 11.8 Å². The lowest BCUT2D eigenvalue weighted by Gasteiger charge is -2.25. The third-order valence-corrected chi connectivity index (χ3v) is 7.44. The molecule has 0 fully saturated rings. The van der Waals surface area contributed by atoms with Crippen molar-refractivity contribution in [2.45, 2.75) is 23.6 Å². The summed E-state index contributed by atoms with van der Waals surface area (Å²) >= 11 is 1.50. The lowest BCUT2D eigenvalue weighted by atomic mass is 10.2. The van der Waals surface area contributed by atoms with Gasteiger partial charge < -0.3 is 10.1 Å². The van der Waals surface area contributed by atoms with Gasteiger partial charge in [-0.3, -0.25) is 9.10 Å². The van der Waals surface area contributed by atoms with Gasteiger partial charge in [0, 0.05) is 4.90 Å². The van der Waals surface area contributed by atoms with Gasteiger partial charge in [-0.1, -0.05) is 30.3 Å². The van der Waals surface area contributed by atoms with Crippen LogP contribution in [0, 0.1) is 13.8 Å². The highest BCUT2D eigenvalue weighted by atomic mass is 32.2. The number of thioether (sulfide) groups is 1. The minimum absolute atomic E-state index is 0.0128. The quantitative estimate of drug-likeness (QED) is 0.476. The molecule has 0 bridgehead atoms. The summed E-state index contributed by atoms with van der Waals surface area (Å²) in [6, 6.07) is 19.4. The maximum Gasteiger partial charge on any atom is 0.268 e. The molecular formula is C24H26N2O4S2. The topological polar surface area (TPSA) is 75.7 Å². The normalized spacial score (nSPS) is 11.1. The minimum atomic E-state index is -4.10. The molecule has 0 aliphatic rings.